The van der Waals surface area contributed by atoms with Gasteiger partial charge in [-0.3, -0.25) is 0 Å². The second-order valence-corrected chi connectivity index (χ2v) is 5.47. The van der Waals surface area contributed by atoms with Gasteiger partial charge in [-0.05, 0) is 43.0 Å². The summed E-state index contributed by atoms with van der Waals surface area (Å²) in [5.74, 6) is 1.08. The predicted octanol–water partition coefficient (Wildman–Crippen LogP) is 2.84. The topological polar surface area (TPSA) is 30.5 Å². The molecule has 2 atom stereocenters. The Labute approximate surface area is 115 Å². The second kappa shape index (κ2) is 5.93. The average molecular weight is 261 g/mol. The molecule has 2 aliphatic rings. The van der Waals surface area contributed by atoms with Crippen LogP contribution < -0.4 is 10.1 Å². The third kappa shape index (κ3) is 2.77. The van der Waals surface area contributed by atoms with Crippen molar-refractivity contribution in [1.82, 2.24) is 5.32 Å². The van der Waals surface area contributed by atoms with Gasteiger partial charge in [0, 0.05) is 12.5 Å². The van der Waals surface area contributed by atoms with Crippen molar-refractivity contribution >= 4 is 0 Å². The minimum Gasteiger partial charge on any atom is -0.488 e. The SMILES string of the molecule is CCCNC1CCc2c(OC3CCOC3)cccc21. The molecule has 0 amide bonds. The first-order valence-corrected chi connectivity index (χ1v) is 7.48. The van der Waals surface area contributed by atoms with Crippen molar-refractivity contribution in [2.45, 2.75) is 44.8 Å². The summed E-state index contributed by atoms with van der Waals surface area (Å²) in [7, 11) is 0. The van der Waals surface area contributed by atoms with Gasteiger partial charge in [0.2, 0.25) is 0 Å². The van der Waals surface area contributed by atoms with Crippen LogP contribution in [0.5, 0.6) is 5.75 Å². The Balaban J connectivity index is 1.74. The lowest BCUT2D eigenvalue weighted by atomic mass is 10.1. The first kappa shape index (κ1) is 12.9. The largest absolute Gasteiger partial charge is 0.488 e. The normalized spacial score (nSPS) is 25.5. The Morgan fingerprint density at radius 2 is 2.32 bits per heavy atom. The third-order valence-electron chi connectivity index (χ3n) is 4.05. The molecule has 1 aliphatic carbocycles. The molecule has 1 heterocycles. The Kier molecular flexibility index (Phi) is 4.04. The molecule has 1 aromatic carbocycles. The zero-order chi connectivity index (χ0) is 13.1. The maximum atomic E-state index is 6.12. The van der Waals surface area contributed by atoms with Crippen LogP contribution in [0.4, 0.5) is 0 Å². The molecule has 104 valence electrons. The molecule has 1 aromatic rings. The minimum absolute atomic E-state index is 0.245. The molecule has 0 saturated carbocycles. The van der Waals surface area contributed by atoms with Gasteiger partial charge in [-0.1, -0.05) is 19.1 Å². The fourth-order valence-electron chi connectivity index (χ4n) is 3.05. The Bertz CT molecular complexity index is 427. The van der Waals surface area contributed by atoms with Gasteiger partial charge >= 0.3 is 0 Å². The number of rotatable bonds is 5. The van der Waals surface area contributed by atoms with Crippen molar-refractivity contribution in [1.29, 1.82) is 0 Å². The molecule has 3 heteroatoms. The molecular weight excluding hydrogens is 238 g/mol. The van der Waals surface area contributed by atoms with E-state index in [4.69, 9.17) is 9.47 Å². The Morgan fingerprint density at radius 3 is 3.11 bits per heavy atom. The van der Waals surface area contributed by atoms with Gasteiger partial charge in [-0.25, -0.2) is 0 Å². The van der Waals surface area contributed by atoms with Crippen LogP contribution >= 0.6 is 0 Å². The van der Waals surface area contributed by atoms with Crippen LogP contribution in [0.2, 0.25) is 0 Å². The summed E-state index contributed by atoms with van der Waals surface area (Å²) in [4.78, 5) is 0. The summed E-state index contributed by atoms with van der Waals surface area (Å²) in [6.07, 6.45) is 4.76. The highest BCUT2D eigenvalue weighted by Crippen LogP contribution is 2.37. The quantitative estimate of drug-likeness (QED) is 0.884. The van der Waals surface area contributed by atoms with Crippen LogP contribution in [-0.4, -0.2) is 25.9 Å². The lowest BCUT2D eigenvalue weighted by Gasteiger charge is -2.17. The highest BCUT2D eigenvalue weighted by molar-refractivity contribution is 5.45. The van der Waals surface area contributed by atoms with E-state index in [0.29, 0.717) is 6.04 Å². The molecule has 1 N–H and O–H groups in total. The maximum Gasteiger partial charge on any atom is 0.124 e. The number of hydrogen-bond acceptors (Lipinski definition) is 3. The number of ether oxygens (including phenoxy) is 2. The molecule has 0 bridgehead atoms. The highest BCUT2D eigenvalue weighted by atomic mass is 16.5. The van der Waals surface area contributed by atoms with Gasteiger partial charge in [-0.2, -0.15) is 0 Å². The average Bonchev–Trinajstić information content (AvgIpc) is 3.06. The van der Waals surface area contributed by atoms with Crippen LogP contribution in [0.1, 0.15) is 43.4 Å². The van der Waals surface area contributed by atoms with Gasteiger partial charge < -0.3 is 14.8 Å². The monoisotopic (exact) mass is 261 g/mol. The first-order valence-electron chi connectivity index (χ1n) is 7.48. The zero-order valence-electron chi connectivity index (χ0n) is 11.7. The molecule has 0 radical (unpaired) electrons. The van der Waals surface area contributed by atoms with E-state index in [1.165, 1.54) is 24.0 Å². The Morgan fingerprint density at radius 1 is 1.37 bits per heavy atom. The number of hydrogen-bond donors (Lipinski definition) is 1. The van der Waals surface area contributed by atoms with Crippen LogP contribution in [-0.2, 0) is 11.2 Å². The molecule has 2 unspecified atom stereocenters. The van der Waals surface area contributed by atoms with Crippen LogP contribution in [0.25, 0.3) is 0 Å². The van der Waals surface area contributed by atoms with E-state index in [-0.39, 0.29) is 6.10 Å². The second-order valence-electron chi connectivity index (χ2n) is 5.47. The molecule has 1 fully saturated rings. The van der Waals surface area contributed by atoms with Crippen molar-refractivity contribution in [3.05, 3.63) is 29.3 Å². The molecule has 19 heavy (non-hydrogen) atoms. The molecule has 0 aromatic heterocycles. The molecule has 1 aliphatic heterocycles. The van der Waals surface area contributed by atoms with E-state index < -0.39 is 0 Å². The molecular formula is C16H23NO2. The van der Waals surface area contributed by atoms with Crippen molar-refractivity contribution in [3.63, 3.8) is 0 Å². The fourth-order valence-corrected chi connectivity index (χ4v) is 3.05. The summed E-state index contributed by atoms with van der Waals surface area (Å²) in [5, 5.41) is 3.63. The summed E-state index contributed by atoms with van der Waals surface area (Å²) in [5.41, 5.74) is 2.84. The summed E-state index contributed by atoms with van der Waals surface area (Å²) in [6.45, 7) is 4.87. The van der Waals surface area contributed by atoms with E-state index in [2.05, 4.69) is 30.4 Å². The van der Waals surface area contributed by atoms with E-state index in [1.807, 2.05) is 0 Å². The molecule has 1 saturated heterocycles. The standard InChI is InChI=1S/C16H23NO2/c1-2-9-17-15-7-6-14-13(15)4-3-5-16(14)19-12-8-10-18-11-12/h3-5,12,15,17H,2,6-11H2,1H3. The van der Waals surface area contributed by atoms with E-state index in [9.17, 15) is 0 Å². The van der Waals surface area contributed by atoms with Crippen LogP contribution in [0, 0.1) is 0 Å². The first-order chi connectivity index (χ1) is 9.38. The van der Waals surface area contributed by atoms with E-state index in [1.54, 1.807) is 0 Å². The van der Waals surface area contributed by atoms with Crippen LogP contribution in [0.3, 0.4) is 0 Å². The van der Waals surface area contributed by atoms with Gasteiger partial charge in [0.25, 0.3) is 0 Å². The van der Waals surface area contributed by atoms with E-state index >= 15 is 0 Å². The van der Waals surface area contributed by atoms with Crippen molar-refractivity contribution < 1.29 is 9.47 Å². The van der Waals surface area contributed by atoms with Crippen molar-refractivity contribution in [3.8, 4) is 5.75 Å². The fraction of sp³-hybridized carbons (Fsp3) is 0.625. The van der Waals surface area contributed by atoms with Gasteiger partial charge in [0.1, 0.15) is 11.9 Å². The Hall–Kier alpha value is -1.06. The number of benzene rings is 1. The summed E-state index contributed by atoms with van der Waals surface area (Å²) >= 11 is 0. The summed E-state index contributed by atoms with van der Waals surface area (Å²) < 4.78 is 11.5. The molecule has 0 spiro atoms. The zero-order valence-corrected chi connectivity index (χ0v) is 11.7. The van der Waals surface area contributed by atoms with Gasteiger partial charge in [0.05, 0.1) is 13.2 Å². The molecule has 3 nitrogen and oxygen atoms in total. The number of fused-ring (bicyclic) bond motifs is 1. The maximum absolute atomic E-state index is 6.12. The number of nitrogens with one attached hydrogen (secondary N) is 1. The van der Waals surface area contributed by atoms with Crippen molar-refractivity contribution in [2.75, 3.05) is 19.8 Å². The van der Waals surface area contributed by atoms with Crippen LogP contribution in [0.15, 0.2) is 18.2 Å². The van der Waals surface area contributed by atoms with Crippen molar-refractivity contribution in [2.24, 2.45) is 0 Å². The smallest absolute Gasteiger partial charge is 0.124 e. The third-order valence-corrected chi connectivity index (χ3v) is 4.05. The molecule has 3 rings (SSSR count). The lowest BCUT2D eigenvalue weighted by molar-refractivity contribution is 0.140. The highest BCUT2D eigenvalue weighted by Gasteiger charge is 2.26. The summed E-state index contributed by atoms with van der Waals surface area (Å²) in [6, 6.07) is 6.99. The minimum atomic E-state index is 0.245. The van der Waals surface area contributed by atoms with Gasteiger partial charge in [0.15, 0.2) is 0 Å². The van der Waals surface area contributed by atoms with E-state index in [0.717, 1.165) is 38.3 Å². The lowest BCUT2D eigenvalue weighted by Crippen LogP contribution is -2.20. The van der Waals surface area contributed by atoms with Gasteiger partial charge in [-0.15, -0.1) is 0 Å². The predicted molar refractivity (Wildman–Crippen MR) is 75.6 cm³/mol.